The van der Waals surface area contributed by atoms with Crippen LogP contribution in [-0.2, 0) is 7.05 Å². The summed E-state index contributed by atoms with van der Waals surface area (Å²) in [5, 5.41) is 20.4. The predicted molar refractivity (Wildman–Crippen MR) is 41.4 cm³/mol. The van der Waals surface area contributed by atoms with Crippen molar-refractivity contribution in [1.82, 2.24) is 20.2 Å². The molecule has 13 heavy (non-hydrogen) atoms. The van der Waals surface area contributed by atoms with E-state index in [1.807, 2.05) is 0 Å². The number of nitrogens with zero attached hydrogens (tertiary/aromatic N) is 4. The van der Waals surface area contributed by atoms with Crippen LogP contribution in [0.1, 0.15) is 25.3 Å². The lowest BCUT2D eigenvalue weighted by molar-refractivity contribution is 0.0757. The highest BCUT2D eigenvalue weighted by Crippen LogP contribution is 2.56. The van der Waals surface area contributed by atoms with Crippen LogP contribution < -0.4 is 0 Å². The van der Waals surface area contributed by atoms with Gasteiger partial charge < -0.3 is 5.11 Å². The van der Waals surface area contributed by atoms with E-state index in [2.05, 4.69) is 15.5 Å². The van der Waals surface area contributed by atoms with Crippen molar-refractivity contribution in [3.63, 3.8) is 0 Å². The molecule has 1 N–H and O–H groups in total. The van der Waals surface area contributed by atoms with Gasteiger partial charge in [-0.2, -0.15) is 0 Å². The molecule has 2 rings (SSSR count). The van der Waals surface area contributed by atoms with E-state index in [1.165, 1.54) is 4.68 Å². The molecule has 1 aliphatic carbocycles. The third-order valence-corrected chi connectivity index (χ3v) is 2.70. The number of tetrazole rings is 1. The Kier molecular flexibility index (Phi) is 1.63. The van der Waals surface area contributed by atoms with Gasteiger partial charge in [0.05, 0.1) is 0 Å². The van der Waals surface area contributed by atoms with Crippen molar-refractivity contribution in [3.05, 3.63) is 5.82 Å². The highest BCUT2D eigenvalue weighted by molar-refractivity contribution is 5.10. The first-order chi connectivity index (χ1) is 6.05. The van der Waals surface area contributed by atoms with Gasteiger partial charge in [0.15, 0.2) is 5.82 Å². The van der Waals surface area contributed by atoms with Crippen LogP contribution >= 0.6 is 0 Å². The number of hydrogen-bond acceptors (Lipinski definition) is 4. The minimum atomic E-state index is -0.945. The lowest BCUT2D eigenvalue weighted by atomic mass is 10.0. The van der Waals surface area contributed by atoms with Crippen molar-refractivity contribution in [2.45, 2.75) is 25.6 Å². The Balaban J connectivity index is 2.24. The van der Waals surface area contributed by atoms with Crippen LogP contribution in [0.4, 0.5) is 4.39 Å². The Labute approximate surface area is 74.6 Å². The second kappa shape index (κ2) is 2.47. The van der Waals surface area contributed by atoms with Crippen molar-refractivity contribution in [2.24, 2.45) is 12.5 Å². The van der Waals surface area contributed by atoms with Gasteiger partial charge in [-0.25, -0.2) is 9.07 Å². The number of aliphatic hydroxyl groups is 1. The van der Waals surface area contributed by atoms with Crippen molar-refractivity contribution >= 4 is 0 Å². The summed E-state index contributed by atoms with van der Waals surface area (Å²) in [6.07, 6.45) is -1.48. The van der Waals surface area contributed by atoms with E-state index in [4.69, 9.17) is 0 Å². The maximum Gasteiger partial charge on any atom is 0.180 e. The lowest BCUT2D eigenvalue weighted by Crippen LogP contribution is -2.17. The van der Waals surface area contributed by atoms with Gasteiger partial charge in [0.1, 0.15) is 12.3 Å². The first-order valence-electron chi connectivity index (χ1n) is 4.10. The number of alkyl halides is 1. The van der Waals surface area contributed by atoms with Crippen LogP contribution in [0.5, 0.6) is 0 Å². The van der Waals surface area contributed by atoms with Gasteiger partial charge in [0, 0.05) is 12.5 Å². The largest absolute Gasteiger partial charge is 0.384 e. The maximum atomic E-state index is 12.9. The zero-order valence-electron chi connectivity index (χ0n) is 7.48. The molecule has 0 saturated heterocycles. The summed E-state index contributed by atoms with van der Waals surface area (Å²) < 4.78 is 14.3. The molecule has 3 unspecified atom stereocenters. The van der Waals surface area contributed by atoms with E-state index >= 15 is 0 Å². The summed E-state index contributed by atoms with van der Waals surface area (Å²) in [6, 6.07) is 0. The minimum Gasteiger partial charge on any atom is -0.384 e. The second-order valence-electron chi connectivity index (χ2n) is 3.74. The van der Waals surface area contributed by atoms with Gasteiger partial charge in [-0.05, 0) is 16.8 Å². The first-order valence-corrected chi connectivity index (χ1v) is 4.10. The molecule has 0 amide bonds. The van der Waals surface area contributed by atoms with Crippen LogP contribution in [0.15, 0.2) is 0 Å². The Hall–Kier alpha value is -1.04. The lowest BCUT2D eigenvalue weighted by Gasteiger charge is -2.14. The van der Waals surface area contributed by atoms with Crippen molar-refractivity contribution in [1.29, 1.82) is 0 Å². The van der Waals surface area contributed by atoms with Gasteiger partial charge in [0.2, 0.25) is 0 Å². The van der Waals surface area contributed by atoms with E-state index in [0.29, 0.717) is 12.2 Å². The average Bonchev–Trinajstić information content (AvgIpc) is 2.52. The summed E-state index contributed by atoms with van der Waals surface area (Å²) in [7, 11) is 1.62. The second-order valence-corrected chi connectivity index (χ2v) is 3.74. The molecule has 0 aromatic carbocycles. The summed E-state index contributed by atoms with van der Waals surface area (Å²) in [5.41, 5.74) is -0.692. The van der Waals surface area contributed by atoms with Crippen molar-refractivity contribution in [2.75, 3.05) is 0 Å². The number of halogens is 1. The van der Waals surface area contributed by atoms with Crippen molar-refractivity contribution < 1.29 is 9.50 Å². The van der Waals surface area contributed by atoms with E-state index in [-0.39, 0.29) is 0 Å². The smallest absolute Gasteiger partial charge is 0.180 e. The van der Waals surface area contributed by atoms with Crippen LogP contribution in [-0.4, -0.2) is 31.5 Å². The third kappa shape index (κ3) is 1.13. The quantitative estimate of drug-likeness (QED) is 0.705. The van der Waals surface area contributed by atoms with E-state index in [9.17, 15) is 9.50 Å². The highest BCUT2D eigenvalue weighted by atomic mass is 19.1. The number of aromatic nitrogens is 4. The molecular formula is C7H11FN4O. The molecule has 5 nitrogen and oxygen atoms in total. The fraction of sp³-hybridized carbons (Fsp3) is 0.857. The monoisotopic (exact) mass is 186 g/mol. The molecule has 0 radical (unpaired) electrons. The van der Waals surface area contributed by atoms with Gasteiger partial charge in [0.25, 0.3) is 0 Å². The highest BCUT2D eigenvalue weighted by Gasteiger charge is 2.57. The molecule has 1 aromatic rings. The standard InChI is InChI=1S/C7H11FN4O/c1-7(3-4(7)8)5(13)6-9-10-11-12(6)2/h4-5,13H,3H2,1-2H3. The maximum absolute atomic E-state index is 12.9. The zero-order chi connectivity index (χ0) is 9.64. The summed E-state index contributed by atoms with van der Waals surface area (Å²) in [6.45, 7) is 1.69. The van der Waals surface area contributed by atoms with E-state index in [0.717, 1.165) is 0 Å². The fourth-order valence-corrected chi connectivity index (χ4v) is 1.37. The van der Waals surface area contributed by atoms with Crippen LogP contribution in [0.25, 0.3) is 0 Å². The topological polar surface area (TPSA) is 63.8 Å². The Bertz CT molecular complexity index is 328. The average molecular weight is 186 g/mol. The molecular weight excluding hydrogens is 175 g/mol. The molecule has 3 atom stereocenters. The SMILES string of the molecule is Cn1nnnc1C(O)C1(C)CC1F. The fourth-order valence-electron chi connectivity index (χ4n) is 1.37. The summed E-state index contributed by atoms with van der Waals surface area (Å²) >= 11 is 0. The Morgan fingerprint density at radius 2 is 2.38 bits per heavy atom. The van der Waals surface area contributed by atoms with Crippen molar-refractivity contribution in [3.8, 4) is 0 Å². The number of hydrogen-bond donors (Lipinski definition) is 1. The molecule has 1 aromatic heterocycles. The van der Waals surface area contributed by atoms with Gasteiger partial charge >= 0.3 is 0 Å². The zero-order valence-corrected chi connectivity index (χ0v) is 7.48. The van der Waals surface area contributed by atoms with Crippen LogP contribution in [0.2, 0.25) is 0 Å². The minimum absolute atomic E-state index is 0.322. The van der Waals surface area contributed by atoms with Gasteiger partial charge in [-0.1, -0.05) is 6.92 Å². The molecule has 1 heterocycles. The Morgan fingerprint density at radius 1 is 1.77 bits per heavy atom. The van der Waals surface area contributed by atoms with E-state index in [1.54, 1.807) is 14.0 Å². The normalized spacial score (nSPS) is 34.6. The third-order valence-electron chi connectivity index (χ3n) is 2.70. The molecule has 72 valence electrons. The molecule has 0 aliphatic heterocycles. The molecule has 0 bridgehead atoms. The van der Waals surface area contributed by atoms with E-state index < -0.39 is 17.7 Å². The number of aliphatic hydroxyl groups excluding tert-OH is 1. The number of aryl methyl sites for hydroxylation is 1. The Morgan fingerprint density at radius 3 is 2.77 bits per heavy atom. The van der Waals surface area contributed by atoms with Crippen LogP contribution in [0, 0.1) is 5.41 Å². The molecule has 0 spiro atoms. The van der Waals surface area contributed by atoms with Crippen LogP contribution in [0.3, 0.4) is 0 Å². The van der Waals surface area contributed by atoms with Gasteiger partial charge in [-0.15, -0.1) is 5.10 Å². The number of rotatable bonds is 2. The summed E-state index contributed by atoms with van der Waals surface area (Å²) in [4.78, 5) is 0. The predicted octanol–water partition coefficient (Wildman–Crippen LogP) is -0.00840. The summed E-state index contributed by atoms with van der Waals surface area (Å²) in [5.74, 6) is 0.322. The van der Waals surface area contributed by atoms with Gasteiger partial charge in [-0.3, -0.25) is 0 Å². The molecule has 1 aliphatic rings. The molecule has 6 heteroatoms. The molecule has 1 fully saturated rings. The molecule has 1 saturated carbocycles. The first kappa shape index (κ1) is 8.55.